The van der Waals surface area contributed by atoms with Crippen LogP contribution in [0.25, 0.3) is 22.5 Å². The molecule has 0 atom stereocenters. The van der Waals surface area contributed by atoms with Crippen LogP contribution < -0.4 is 10.6 Å². The first kappa shape index (κ1) is 18.8. The lowest BCUT2D eigenvalue weighted by atomic mass is 10.1. The van der Waals surface area contributed by atoms with Crippen LogP contribution in [0.4, 0.5) is 10.9 Å². The van der Waals surface area contributed by atoms with E-state index in [4.69, 9.17) is 0 Å². The molecule has 0 fully saturated rings. The van der Waals surface area contributed by atoms with Crippen LogP contribution in [0.15, 0.2) is 72.1 Å². The van der Waals surface area contributed by atoms with Gasteiger partial charge in [0.15, 0.2) is 10.9 Å². The summed E-state index contributed by atoms with van der Waals surface area (Å²) in [6.45, 7) is 2.04. The van der Waals surface area contributed by atoms with E-state index in [1.807, 2.05) is 72.1 Å². The van der Waals surface area contributed by atoms with Gasteiger partial charge in [-0.05, 0) is 17.7 Å². The molecule has 2 heterocycles. The third-order valence-electron chi connectivity index (χ3n) is 4.26. The van der Waals surface area contributed by atoms with Crippen LogP contribution in [0.3, 0.4) is 0 Å². The fraction of sp³-hybridized carbons (Fsp3) is 0.0909. The summed E-state index contributed by atoms with van der Waals surface area (Å²) in [5.74, 6) is 0.612. The molecule has 29 heavy (non-hydrogen) atoms. The van der Waals surface area contributed by atoms with E-state index in [1.54, 1.807) is 0 Å². The number of amides is 1. The summed E-state index contributed by atoms with van der Waals surface area (Å²) in [6, 6.07) is 21.8. The monoisotopic (exact) mass is 401 g/mol. The average Bonchev–Trinajstić information content (AvgIpc) is 3.22. The first-order valence-corrected chi connectivity index (χ1v) is 10.0. The standard InChI is InChI=1S/C22H19N5OS/c1-15(28)23-13-16-7-9-18(10-8-16)20-14-29-22(24-20)25-21-12-11-19(26-27-21)17-5-3-2-4-6-17/h2-12,14H,13H2,1H3,(H,23,28)(H,24,25,27). The number of aromatic nitrogens is 3. The predicted octanol–water partition coefficient (Wildman–Crippen LogP) is 4.65. The number of carbonyl (C=O) groups excluding carboxylic acids is 1. The molecule has 0 radical (unpaired) electrons. The molecular formula is C22H19N5OS. The number of benzene rings is 2. The molecule has 4 aromatic rings. The molecule has 0 aliphatic rings. The van der Waals surface area contributed by atoms with Gasteiger partial charge in [0, 0.05) is 30.0 Å². The molecule has 0 saturated carbocycles. The number of rotatable bonds is 6. The summed E-state index contributed by atoms with van der Waals surface area (Å²) < 4.78 is 0. The number of nitrogens with zero attached hydrogens (tertiary/aromatic N) is 3. The molecule has 7 heteroatoms. The highest BCUT2D eigenvalue weighted by Crippen LogP contribution is 2.27. The van der Waals surface area contributed by atoms with Gasteiger partial charge in [-0.25, -0.2) is 4.98 Å². The van der Waals surface area contributed by atoms with Gasteiger partial charge >= 0.3 is 0 Å². The zero-order valence-electron chi connectivity index (χ0n) is 15.8. The highest BCUT2D eigenvalue weighted by molar-refractivity contribution is 7.14. The molecule has 0 aliphatic heterocycles. The third kappa shape index (κ3) is 4.83. The second-order valence-corrected chi connectivity index (χ2v) is 7.30. The van der Waals surface area contributed by atoms with Crippen molar-refractivity contribution in [1.29, 1.82) is 0 Å². The fourth-order valence-corrected chi connectivity index (χ4v) is 3.48. The zero-order valence-corrected chi connectivity index (χ0v) is 16.6. The maximum atomic E-state index is 11.0. The molecule has 0 aliphatic carbocycles. The van der Waals surface area contributed by atoms with Crippen LogP contribution in [0.1, 0.15) is 12.5 Å². The molecule has 0 spiro atoms. The number of anilines is 2. The van der Waals surface area contributed by atoms with Crippen molar-refractivity contribution in [2.45, 2.75) is 13.5 Å². The SMILES string of the molecule is CC(=O)NCc1ccc(-c2csc(Nc3ccc(-c4ccccc4)nn3)n2)cc1. The van der Waals surface area contributed by atoms with E-state index in [1.165, 1.54) is 18.3 Å². The molecule has 6 nitrogen and oxygen atoms in total. The maximum Gasteiger partial charge on any atom is 0.217 e. The molecule has 2 N–H and O–H groups in total. The van der Waals surface area contributed by atoms with Crippen molar-refractivity contribution >= 4 is 28.2 Å². The molecule has 2 aromatic carbocycles. The van der Waals surface area contributed by atoms with Gasteiger partial charge in [-0.15, -0.1) is 21.5 Å². The van der Waals surface area contributed by atoms with E-state index in [0.717, 1.165) is 33.2 Å². The molecule has 2 aromatic heterocycles. The minimum absolute atomic E-state index is 0.0378. The lowest BCUT2D eigenvalue weighted by molar-refractivity contribution is -0.119. The van der Waals surface area contributed by atoms with E-state index >= 15 is 0 Å². The van der Waals surface area contributed by atoms with Crippen LogP contribution in [0, 0.1) is 0 Å². The van der Waals surface area contributed by atoms with Gasteiger partial charge in [0.25, 0.3) is 0 Å². The van der Waals surface area contributed by atoms with Gasteiger partial charge in [-0.1, -0.05) is 54.6 Å². The van der Waals surface area contributed by atoms with Gasteiger partial charge in [-0.2, -0.15) is 0 Å². The Labute approximate surface area is 172 Å². The number of nitrogens with one attached hydrogen (secondary N) is 2. The Hall–Kier alpha value is -3.58. The van der Waals surface area contributed by atoms with Crippen molar-refractivity contribution in [2.24, 2.45) is 0 Å². The molecule has 4 rings (SSSR count). The zero-order chi connectivity index (χ0) is 20.1. The normalized spacial score (nSPS) is 10.5. The van der Waals surface area contributed by atoms with Gasteiger partial charge in [0.05, 0.1) is 11.4 Å². The second kappa shape index (κ2) is 8.62. The summed E-state index contributed by atoms with van der Waals surface area (Å²) in [5.41, 5.74) is 4.82. The minimum Gasteiger partial charge on any atom is -0.352 e. The lowest BCUT2D eigenvalue weighted by Crippen LogP contribution is -2.18. The summed E-state index contributed by atoms with van der Waals surface area (Å²) >= 11 is 1.51. The van der Waals surface area contributed by atoms with E-state index in [2.05, 4.69) is 25.8 Å². The highest BCUT2D eigenvalue weighted by Gasteiger charge is 2.07. The van der Waals surface area contributed by atoms with Crippen molar-refractivity contribution in [3.63, 3.8) is 0 Å². The third-order valence-corrected chi connectivity index (χ3v) is 5.02. The van der Waals surface area contributed by atoms with Crippen LogP contribution in [-0.4, -0.2) is 21.1 Å². The van der Waals surface area contributed by atoms with Gasteiger partial charge in [0.2, 0.25) is 5.91 Å². The Morgan fingerprint density at radius 1 is 0.897 bits per heavy atom. The predicted molar refractivity (Wildman–Crippen MR) is 116 cm³/mol. The van der Waals surface area contributed by atoms with E-state index in [-0.39, 0.29) is 5.91 Å². The van der Waals surface area contributed by atoms with Crippen LogP contribution in [0.5, 0.6) is 0 Å². The number of hydrogen-bond acceptors (Lipinski definition) is 6. The van der Waals surface area contributed by atoms with Gasteiger partial charge in [0.1, 0.15) is 0 Å². The van der Waals surface area contributed by atoms with Crippen molar-refractivity contribution in [3.8, 4) is 22.5 Å². The summed E-state index contributed by atoms with van der Waals surface area (Å²) in [6.07, 6.45) is 0. The highest BCUT2D eigenvalue weighted by atomic mass is 32.1. The van der Waals surface area contributed by atoms with Crippen LogP contribution >= 0.6 is 11.3 Å². The second-order valence-electron chi connectivity index (χ2n) is 6.44. The number of hydrogen-bond donors (Lipinski definition) is 2. The summed E-state index contributed by atoms with van der Waals surface area (Å²) in [7, 11) is 0. The Kier molecular flexibility index (Phi) is 5.58. The lowest BCUT2D eigenvalue weighted by Gasteiger charge is -2.04. The Morgan fingerprint density at radius 2 is 1.66 bits per heavy atom. The van der Waals surface area contributed by atoms with E-state index in [0.29, 0.717) is 12.4 Å². The van der Waals surface area contributed by atoms with Crippen molar-refractivity contribution < 1.29 is 4.79 Å². The maximum absolute atomic E-state index is 11.0. The molecule has 0 bridgehead atoms. The Balaban J connectivity index is 1.42. The van der Waals surface area contributed by atoms with E-state index in [9.17, 15) is 4.79 Å². The topological polar surface area (TPSA) is 79.8 Å². The number of carbonyl (C=O) groups is 1. The van der Waals surface area contributed by atoms with Gasteiger partial charge in [-0.3, -0.25) is 4.79 Å². The molecule has 1 amide bonds. The first-order chi connectivity index (χ1) is 14.2. The van der Waals surface area contributed by atoms with Crippen molar-refractivity contribution in [3.05, 3.63) is 77.7 Å². The minimum atomic E-state index is -0.0378. The average molecular weight is 401 g/mol. The molecule has 144 valence electrons. The first-order valence-electron chi connectivity index (χ1n) is 9.13. The van der Waals surface area contributed by atoms with Crippen LogP contribution in [0.2, 0.25) is 0 Å². The largest absolute Gasteiger partial charge is 0.352 e. The Morgan fingerprint density at radius 3 is 2.34 bits per heavy atom. The fourth-order valence-electron chi connectivity index (χ4n) is 2.76. The molecule has 0 unspecified atom stereocenters. The van der Waals surface area contributed by atoms with Crippen molar-refractivity contribution in [2.75, 3.05) is 5.32 Å². The number of thiazole rings is 1. The van der Waals surface area contributed by atoms with Gasteiger partial charge < -0.3 is 10.6 Å². The van der Waals surface area contributed by atoms with E-state index < -0.39 is 0 Å². The van der Waals surface area contributed by atoms with Crippen molar-refractivity contribution in [1.82, 2.24) is 20.5 Å². The Bertz CT molecular complexity index is 1090. The van der Waals surface area contributed by atoms with Crippen LogP contribution in [-0.2, 0) is 11.3 Å². The molecular weight excluding hydrogens is 382 g/mol. The summed E-state index contributed by atoms with van der Waals surface area (Å²) in [4.78, 5) is 15.6. The quantitative estimate of drug-likeness (QED) is 0.492. The molecule has 0 saturated heterocycles. The smallest absolute Gasteiger partial charge is 0.217 e. The summed E-state index contributed by atoms with van der Waals surface area (Å²) in [5, 5.41) is 17.3.